The number of carbonyl (C=O) groups excluding carboxylic acids is 2. The van der Waals surface area contributed by atoms with E-state index in [0.717, 1.165) is 0 Å². The molecule has 3 rings (SSSR count). The molecule has 2 aromatic rings. The first kappa shape index (κ1) is 10.4. The van der Waals surface area contributed by atoms with Crippen LogP contribution in [-0.4, -0.2) is 27.8 Å². The van der Waals surface area contributed by atoms with Gasteiger partial charge in [0.15, 0.2) is 0 Å². The molecule has 2 N–H and O–H groups in total. The number of rotatable bonds is 1. The van der Waals surface area contributed by atoms with Gasteiger partial charge in [-0.25, -0.2) is 4.79 Å². The molecule has 88 valence electrons. The molecule has 6 heteroatoms. The molecule has 0 saturated carbocycles. The zero-order valence-electron chi connectivity index (χ0n) is 8.93. The molecule has 0 spiro atoms. The molecular weight excluding hydrogens is 236 g/mol. The van der Waals surface area contributed by atoms with E-state index in [0.29, 0.717) is 16.6 Å². The van der Waals surface area contributed by atoms with Crippen LogP contribution in [0, 0.1) is 0 Å². The maximum atomic E-state index is 11.7. The molecule has 0 radical (unpaired) electrons. The average Bonchev–Trinajstić information content (AvgIpc) is 2.65. The molecule has 0 aliphatic carbocycles. The molecule has 0 fully saturated rings. The van der Waals surface area contributed by atoms with Crippen molar-refractivity contribution in [3.05, 3.63) is 35.5 Å². The number of ketones is 1. The lowest BCUT2D eigenvalue weighted by molar-refractivity contribution is -0.112. The Morgan fingerprint density at radius 1 is 1.28 bits per heavy atom. The van der Waals surface area contributed by atoms with Gasteiger partial charge in [-0.2, -0.15) is 0 Å². The molecule has 6 nitrogen and oxygen atoms in total. The summed E-state index contributed by atoms with van der Waals surface area (Å²) in [5.41, 5.74) is 1.07. The number of fused-ring (bicyclic) bond motifs is 3. The van der Waals surface area contributed by atoms with Gasteiger partial charge in [0.2, 0.25) is 0 Å². The standard InChI is InChI=1S/C12H6N2O4/c15-10-9-6-2-1-5(12(17)18)3-7(6)13-4-8(9)14-11(10)16/h1-4H,(H,17,18)(H,14,15,16). The highest BCUT2D eigenvalue weighted by atomic mass is 16.4. The van der Waals surface area contributed by atoms with E-state index in [9.17, 15) is 14.4 Å². The zero-order valence-corrected chi connectivity index (χ0v) is 8.93. The van der Waals surface area contributed by atoms with E-state index in [-0.39, 0.29) is 11.1 Å². The number of anilines is 1. The predicted octanol–water partition coefficient (Wildman–Crippen LogP) is 1.07. The summed E-state index contributed by atoms with van der Waals surface area (Å²) < 4.78 is 0. The van der Waals surface area contributed by atoms with E-state index in [4.69, 9.17) is 5.11 Å². The summed E-state index contributed by atoms with van der Waals surface area (Å²) in [6.45, 7) is 0. The Kier molecular flexibility index (Phi) is 1.94. The Morgan fingerprint density at radius 2 is 2.06 bits per heavy atom. The lowest BCUT2D eigenvalue weighted by Gasteiger charge is -2.03. The van der Waals surface area contributed by atoms with E-state index in [1.807, 2.05) is 0 Å². The number of hydrogen-bond donors (Lipinski definition) is 2. The van der Waals surface area contributed by atoms with Crippen LogP contribution in [-0.2, 0) is 4.79 Å². The Labute approximate surface area is 100 Å². The number of nitrogens with zero attached hydrogens (tertiary/aromatic N) is 1. The normalized spacial score (nSPS) is 13.6. The first-order valence-corrected chi connectivity index (χ1v) is 5.09. The summed E-state index contributed by atoms with van der Waals surface area (Å²) in [6.07, 6.45) is 1.35. The summed E-state index contributed by atoms with van der Waals surface area (Å²) >= 11 is 0. The summed E-state index contributed by atoms with van der Waals surface area (Å²) in [5.74, 6) is -2.39. The highest BCUT2D eigenvalue weighted by Gasteiger charge is 2.30. The molecule has 2 heterocycles. The van der Waals surface area contributed by atoms with Crippen molar-refractivity contribution in [2.75, 3.05) is 5.32 Å². The number of aromatic carboxylic acids is 1. The number of hydrogen-bond acceptors (Lipinski definition) is 4. The van der Waals surface area contributed by atoms with Crippen molar-refractivity contribution >= 4 is 34.3 Å². The van der Waals surface area contributed by atoms with Crippen molar-refractivity contribution in [3.8, 4) is 0 Å². The summed E-state index contributed by atoms with van der Waals surface area (Å²) in [5, 5.41) is 11.8. The smallest absolute Gasteiger partial charge is 0.335 e. The number of nitrogens with one attached hydrogen (secondary N) is 1. The molecule has 1 aliphatic rings. The molecule has 0 atom stereocenters. The van der Waals surface area contributed by atoms with Gasteiger partial charge in [0.1, 0.15) is 0 Å². The molecule has 0 bridgehead atoms. The number of carboxylic acids is 1. The number of Topliss-reactive ketones (excluding diaryl/α,β-unsaturated/α-hetero) is 1. The van der Waals surface area contributed by atoms with Gasteiger partial charge in [-0.3, -0.25) is 14.6 Å². The van der Waals surface area contributed by atoms with Gasteiger partial charge < -0.3 is 10.4 Å². The largest absolute Gasteiger partial charge is 0.478 e. The highest BCUT2D eigenvalue weighted by molar-refractivity contribution is 6.53. The van der Waals surface area contributed by atoms with Crippen LogP contribution in [0.2, 0.25) is 0 Å². The molecule has 1 amide bonds. The third kappa shape index (κ3) is 1.29. The number of benzene rings is 1. The number of aromatic nitrogens is 1. The van der Waals surface area contributed by atoms with Crippen LogP contribution in [0.1, 0.15) is 20.7 Å². The SMILES string of the molecule is O=C1Nc2cnc3cc(C(=O)O)ccc3c2C1=O. The number of carbonyl (C=O) groups is 3. The van der Waals surface area contributed by atoms with Gasteiger partial charge in [0.05, 0.1) is 28.5 Å². The van der Waals surface area contributed by atoms with E-state index in [2.05, 4.69) is 10.3 Å². The van der Waals surface area contributed by atoms with Crippen LogP contribution in [0.4, 0.5) is 5.69 Å². The molecule has 0 unspecified atom stereocenters. The fraction of sp³-hybridized carbons (Fsp3) is 0. The maximum Gasteiger partial charge on any atom is 0.335 e. The zero-order chi connectivity index (χ0) is 12.9. The summed E-state index contributed by atoms with van der Waals surface area (Å²) in [4.78, 5) is 37.8. The van der Waals surface area contributed by atoms with Gasteiger partial charge in [0.25, 0.3) is 11.7 Å². The lowest BCUT2D eigenvalue weighted by Crippen LogP contribution is -2.12. The van der Waals surface area contributed by atoms with Crippen LogP contribution >= 0.6 is 0 Å². The lowest BCUT2D eigenvalue weighted by atomic mass is 10.0. The first-order chi connectivity index (χ1) is 8.58. The minimum Gasteiger partial charge on any atom is -0.478 e. The number of pyridine rings is 1. The monoisotopic (exact) mass is 242 g/mol. The summed E-state index contributed by atoms with van der Waals surface area (Å²) in [6, 6.07) is 4.24. The number of carboxylic acid groups (broad SMARTS) is 1. The van der Waals surface area contributed by atoms with E-state index < -0.39 is 17.7 Å². The van der Waals surface area contributed by atoms with Gasteiger partial charge >= 0.3 is 5.97 Å². The third-order valence-electron chi connectivity index (χ3n) is 2.80. The second-order valence-electron chi connectivity index (χ2n) is 3.87. The second kappa shape index (κ2) is 3.36. The van der Waals surface area contributed by atoms with Gasteiger partial charge in [-0.15, -0.1) is 0 Å². The molecule has 1 aromatic heterocycles. The van der Waals surface area contributed by atoms with Gasteiger partial charge in [0, 0.05) is 5.39 Å². The predicted molar refractivity (Wildman–Crippen MR) is 61.7 cm³/mol. The van der Waals surface area contributed by atoms with Crippen molar-refractivity contribution in [1.82, 2.24) is 4.98 Å². The quantitative estimate of drug-likeness (QED) is 0.729. The van der Waals surface area contributed by atoms with Crippen molar-refractivity contribution in [2.24, 2.45) is 0 Å². The summed E-state index contributed by atoms with van der Waals surface area (Å²) in [7, 11) is 0. The van der Waals surface area contributed by atoms with Gasteiger partial charge in [-0.05, 0) is 12.1 Å². The minimum atomic E-state index is -1.07. The van der Waals surface area contributed by atoms with Crippen LogP contribution in [0.3, 0.4) is 0 Å². The first-order valence-electron chi connectivity index (χ1n) is 5.09. The molecule has 1 aromatic carbocycles. The van der Waals surface area contributed by atoms with E-state index >= 15 is 0 Å². The van der Waals surface area contributed by atoms with Crippen LogP contribution in [0.15, 0.2) is 24.4 Å². The van der Waals surface area contributed by atoms with E-state index in [1.165, 1.54) is 24.4 Å². The maximum absolute atomic E-state index is 11.7. The minimum absolute atomic E-state index is 0.0830. The van der Waals surface area contributed by atoms with Gasteiger partial charge in [-0.1, -0.05) is 6.07 Å². The Bertz CT molecular complexity index is 736. The topological polar surface area (TPSA) is 96.4 Å². The molecular formula is C12H6N2O4. The third-order valence-corrected chi connectivity index (χ3v) is 2.80. The molecule has 0 saturated heterocycles. The second-order valence-corrected chi connectivity index (χ2v) is 3.87. The molecule has 1 aliphatic heterocycles. The Morgan fingerprint density at radius 3 is 2.78 bits per heavy atom. The van der Waals surface area contributed by atoms with Crippen LogP contribution in [0.25, 0.3) is 10.9 Å². The van der Waals surface area contributed by atoms with Crippen molar-refractivity contribution in [3.63, 3.8) is 0 Å². The average molecular weight is 242 g/mol. The number of amides is 1. The van der Waals surface area contributed by atoms with Crippen molar-refractivity contribution < 1.29 is 19.5 Å². The van der Waals surface area contributed by atoms with E-state index in [1.54, 1.807) is 0 Å². The highest BCUT2D eigenvalue weighted by Crippen LogP contribution is 2.29. The van der Waals surface area contributed by atoms with Crippen LogP contribution < -0.4 is 5.32 Å². The Balaban J connectivity index is 2.33. The van der Waals surface area contributed by atoms with Crippen molar-refractivity contribution in [1.29, 1.82) is 0 Å². The Hall–Kier alpha value is -2.76. The van der Waals surface area contributed by atoms with Crippen LogP contribution in [0.5, 0.6) is 0 Å². The fourth-order valence-corrected chi connectivity index (χ4v) is 1.96. The van der Waals surface area contributed by atoms with Crippen molar-refractivity contribution in [2.45, 2.75) is 0 Å². The fourth-order valence-electron chi connectivity index (χ4n) is 1.96. The molecule has 18 heavy (non-hydrogen) atoms.